The van der Waals surface area contributed by atoms with E-state index in [9.17, 15) is 0 Å². The largest absolute Gasteiger partial charge is 0.322 e. The maximum atomic E-state index is 9.04. The summed E-state index contributed by atoms with van der Waals surface area (Å²) in [5.74, 6) is 0. The Balaban J connectivity index is 0.00000196. The molecule has 28 heavy (non-hydrogen) atoms. The highest BCUT2D eigenvalue weighted by Crippen LogP contribution is 2.30. The molecule has 7 heteroatoms. The van der Waals surface area contributed by atoms with Gasteiger partial charge in [-0.3, -0.25) is 4.98 Å². The molecule has 1 atom stereocenters. The molecule has 1 unspecified atom stereocenters. The predicted octanol–water partition coefficient (Wildman–Crippen LogP) is 5.17. The number of halogens is 3. The quantitative estimate of drug-likeness (QED) is 0.577. The maximum absolute atomic E-state index is 9.04. The van der Waals surface area contributed by atoms with Crippen LogP contribution in [0.15, 0.2) is 54.7 Å². The summed E-state index contributed by atoms with van der Waals surface area (Å²) < 4.78 is 0. The van der Waals surface area contributed by atoms with Gasteiger partial charge in [0.05, 0.1) is 17.1 Å². The van der Waals surface area contributed by atoms with Gasteiger partial charge >= 0.3 is 0 Å². The molecular weight excluding hydrogens is 415 g/mol. The van der Waals surface area contributed by atoms with Crippen LogP contribution < -0.4 is 11.1 Å². The van der Waals surface area contributed by atoms with Crippen LogP contribution in [0.5, 0.6) is 0 Å². The van der Waals surface area contributed by atoms with Crippen molar-refractivity contribution in [3.63, 3.8) is 0 Å². The number of nitrogens with two attached hydrogens (primary N) is 1. The van der Waals surface area contributed by atoms with Gasteiger partial charge in [0.15, 0.2) is 0 Å². The summed E-state index contributed by atoms with van der Waals surface area (Å²) in [6.07, 6.45) is 1.76. The third kappa shape index (κ3) is 5.35. The van der Waals surface area contributed by atoms with Gasteiger partial charge in [0.1, 0.15) is 0 Å². The Morgan fingerprint density at radius 3 is 2.64 bits per heavy atom. The van der Waals surface area contributed by atoms with Crippen molar-refractivity contribution < 1.29 is 0 Å². The number of benzene rings is 2. The van der Waals surface area contributed by atoms with E-state index >= 15 is 0 Å². The summed E-state index contributed by atoms with van der Waals surface area (Å²) in [6.45, 7) is 4.78. The third-order valence-electron chi connectivity index (χ3n) is 4.66. The van der Waals surface area contributed by atoms with E-state index in [2.05, 4.69) is 30.2 Å². The van der Waals surface area contributed by atoms with E-state index in [-0.39, 0.29) is 36.4 Å². The molecule has 0 fully saturated rings. The zero-order valence-corrected chi connectivity index (χ0v) is 18.0. The molecule has 3 rings (SSSR count). The van der Waals surface area contributed by atoms with Gasteiger partial charge in [-0.2, -0.15) is 5.26 Å². The van der Waals surface area contributed by atoms with Crippen molar-refractivity contribution in [3.05, 3.63) is 76.4 Å². The highest BCUT2D eigenvalue weighted by atomic mass is 35.5. The summed E-state index contributed by atoms with van der Waals surface area (Å²) in [5.41, 5.74) is 9.82. The van der Waals surface area contributed by atoms with E-state index in [1.165, 1.54) is 0 Å². The molecule has 3 N–H and O–H groups in total. The first-order chi connectivity index (χ1) is 12.4. The average molecular weight is 438 g/mol. The van der Waals surface area contributed by atoms with Gasteiger partial charge < -0.3 is 11.1 Å². The van der Waals surface area contributed by atoms with Gasteiger partial charge in [0.2, 0.25) is 0 Å². The third-order valence-corrected chi connectivity index (χ3v) is 4.89. The molecule has 1 aromatic heterocycles. The van der Waals surface area contributed by atoms with E-state index < -0.39 is 0 Å². The van der Waals surface area contributed by atoms with E-state index in [1.807, 2.05) is 42.5 Å². The maximum Gasteiger partial charge on any atom is 0.0991 e. The second kappa shape index (κ2) is 10.1. The monoisotopic (exact) mass is 436 g/mol. The van der Waals surface area contributed by atoms with Crippen LogP contribution >= 0.6 is 36.4 Å². The number of fused-ring (bicyclic) bond motifs is 1. The molecule has 0 aliphatic heterocycles. The second-order valence-electron chi connectivity index (χ2n) is 6.93. The van der Waals surface area contributed by atoms with Gasteiger partial charge in [-0.1, -0.05) is 29.8 Å². The Labute approximate surface area is 182 Å². The lowest BCUT2D eigenvalue weighted by Crippen LogP contribution is -2.48. The van der Waals surface area contributed by atoms with Crippen LogP contribution in [0.2, 0.25) is 5.02 Å². The minimum absolute atomic E-state index is 0. The minimum Gasteiger partial charge on any atom is -0.322 e. The molecule has 0 aliphatic rings. The number of nitriles is 1. The molecule has 1 heterocycles. The second-order valence-corrected chi connectivity index (χ2v) is 7.36. The summed E-state index contributed by atoms with van der Waals surface area (Å²) in [5, 5.41) is 14.2. The lowest BCUT2D eigenvalue weighted by Gasteiger charge is -2.34. The van der Waals surface area contributed by atoms with Crippen LogP contribution in [-0.2, 0) is 6.54 Å². The highest BCUT2D eigenvalue weighted by molar-refractivity contribution is 6.31. The molecule has 2 aromatic carbocycles. The molecule has 0 bridgehead atoms. The Morgan fingerprint density at radius 1 is 1.18 bits per heavy atom. The van der Waals surface area contributed by atoms with E-state index in [4.69, 9.17) is 22.6 Å². The first-order valence-corrected chi connectivity index (χ1v) is 8.82. The number of pyridine rings is 1. The van der Waals surface area contributed by atoms with E-state index in [1.54, 1.807) is 12.3 Å². The molecule has 0 saturated carbocycles. The van der Waals surface area contributed by atoms with Crippen LogP contribution in [0.1, 0.15) is 36.6 Å². The van der Waals surface area contributed by atoms with Crippen molar-refractivity contribution in [2.24, 2.45) is 5.73 Å². The number of aromatic nitrogens is 1. The van der Waals surface area contributed by atoms with Gasteiger partial charge in [-0.25, -0.2) is 0 Å². The molecule has 0 saturated heterocycles. The molecule has 3 aromatic rings. The fraction of sp³-hybridized carbons (Fsp3) is 0.238. The van der Waals surface area contributed by atoms with Gasteiger partial charge in [0, 0.05) is 34.7 Å². The molecule has 0 radical (unpaired) electrons. The lowest BCUT2D eigenvalue weighted by atomic mass is 9.87. The van der Waals surface area contributed by atoms with E-state index in [0.717, 1.165) is 22.0 Å². The number of hydrogen-bond donors (Lipinski definition) is 2. The smallest absolute Gasteiger partial charge is 0.0991 e. The number of rotatable bonds is 5. The Morgan fingerprint density at radius 2 is 1.93 bits per heavy atom. The predicted molar refractivity (Wildman–Crippen MR) is 120 cm³/mol. The van der Waals surface area contributed by atoms with Crippen molar-refractivity contribution in [2.75, 3.05) is 0 Å². The van der Waals surface area contributed by atoms with Crippen molar-refractivity contribution in [1.29, 1.82) is 5.26 Å². The SMILES string of the molecule is CC(C)(NCc1cccc(C#N)c1)C(N)c1ccnc2cc(Cl)ccc12.Cl.Cl. The topological polar surface area (TPSA) is 74.7 Å². The van der Waals surface area contributed by atoms with E-state index in [0.29, 0.717) is 17.1 Å². The first kappa shape index (κ1) is 24.2. The van der Waals surface area contributed by atoms with Crippen LogP contribution in [0.25, 0.3) is 10.9 Å². The summed E-state index contributed by atoms with van der Waals surface area (Å²) in [4.78, 5) is 4.39. The zero-order chi connectivity index (χ0) is 18.7. The normalized spacial score (nSPS) is 11.8. The number of nitrogens with one attached hydrogen (secondary N) is 1. The molecular formula is C21H23Cl3N4. The highest BCUT2D eigenvalue weighted by Gasteiger charge is 2.28. The molecule has 0 amide bonds. The molecule has 0 aliphatic carbocycles. The van der Waals surface area contributed by atoms with Gasteiger partial charge in [-0.15, -0.1) is 24.8 Å². The van der Waals surface area contributed by atoms with Crippen molar-refractivity contribution in [3.8, 4) is 6.07 Å². The summed E-state index contributed by atoms with van der Waals surface area (Å²) >= 11 is 6.08. The molecule has 0 spiro atoms. The van der Waals surface area contributed by atoms with Crippen molar-refractivity contribution in [1.82, 2.24) is 10.3 Å². The van der Waals surface area contributed by atoms with Crippen LogP contribution in [-0.4, -0.2) is 10.5 Å². The standard InChI is InChI=1S/C21H21ClN4.2ClH/c1-21(2,26-13-15-5-3-4-14(10-15)12-23)20(24)18-8-9-25-19-11-16(22)6-7-17(18)19;;/h3-11,20,26H,13,24H2,1-2H3;2*1H. The van der Waals surface area contributed by atoms with Crippen molar-refractivity contribution in [2.45, 2.75) is 32.0 Å². The Kier molecular flexibility index (Phi) is 8.69. The lowest BCUT2D eigenvalue weighted by molar-refractivity contribution is 0.322. The summed E-state index contributed by atoms with van der Waals surface area (Å²) in [7, 11) is 0. The molecule has 148 valence electrons. The average Bonchev–Trinajstić information content (AvgIpc) is 2.65. The van der Waals surface area contributed by atoms with Crippen LogP contribution in [0.4, 0.5) is 0 Å². The van der Waals surface area contributed by atoms with Gasteiger partial charge in [0.25, 0.3) is 0 Å². The Hall–Kier alpha value is -1.87. The van der Waals surface area contributed by atoms with Crippen LogP contribution in [0, 0.1) is 11.3 Å². The first-order valence-electron chi connectivity index (χ1n) is 8.44. The fourth-order valence-corrected chi connectivity index (χ4v) is 3.16. The number of hydrogen-bond acceptors (Lipinski definition) is 4. The summed E-state index contributed by atoms with van der Waals surface area (Å²) in [6, 6.07) is 17.1. The fourth-order valence-electron chi connectivity index (χ4n) is 2.99. The zero-order valence-electron chi connectivity index (χ0n) is 15.6. The number of nitrogens with zero attached hydrogens (tertiary/aromatic N) is 2. The van der Waals surface area contributed by atoms with Gasteiger partial charge in [-0.05, 0) is 55.3 Å². The Bertz CT molecular complexity index is 983. The minimum atomic E-state index is -0.365. The van der Waals surface area contributed by atoms with Crippen molar-refractivity contribution >= 4 is 47.3 Å². The van der Waals surface area contributed by atoms with Crippen LogP contribution in [0.3, 0.4) is 0 Å². The molecule has 4 nitrogen and oxygen atoms in total.